The number of benzene rings is 2. The standard InChI is InChI=1S/C26H23Cl6NO3/c1-15(6-8-19-20(28)11-18(27)12-21(19)29)10-23(34)33-13-16(2)25-17(4-3-5-22(25)33)7-9-24(35)36-14-26(30,31)32/h3-5,7,9,11-13,15H,6,8,10,14H2,1-2H3/b9-7+. The zero-order valence-corrected chi connectivity index (χ0v) is 24.0. The van der Waals surface area contributed by atoms with Gasteiger partial charge in [-0.15, -0.1) is 0 Å². The van der Waals surface area contributed by atoms with Crippen LogP contribution >= 0.6 is 69.6 Å². The Morgan fingerprint density at radius 3 is 2.42 bits per heavy atom. The first-order chi connectivity index (χ1) is 16.9. The van der Waals surface area contributed by atoms with Crippen LogP contribution in [0.4, 0.5) is 0 Å². The van der Waals surface area contributed by atoms with E-state index in [9.17, 15) is 9.59 Å². The van der Waals surface area contributed by atoms with Gasteiger partial charge in [-0.05, 0) is 66.6 Å². The van der Waals surface area contributed by atoms with Crippen LogP contribution in [-0.2, 0) is 16.0 Å². The van der Waals surface area contributed by atoms with E-state index in [1.54, 1.807) is 22.8 Å². The fourth-order valence-electron chi connectivity index (χ4n) is 3.92. The molecular weight excluding hydrogens is 587 g/mol. The molecule has 10 heteroatoms. The topological polar surface area (TPSA) is 48.3 Å². The van der Waals surface area contributed by atoms with Crippen molar-refractivity contribution >= 4 is 98.5 Å². The van der Waals surface area contributed by atoms with Crippen LogP contribution in [0.2, 0.25) is 15.1 Å². The Kier molecular flexibility index (Phi) is 10.1. The highest BCUT2D eigenvalue weighted by Crippen LogP contribution is 2.32. The fourth-order valence-corrected chi connectivity index (χ4v) is 5.09. The summed E-state index contributed by atoms with van der Waals surface area (Å²) in [6.07, 6.45) is 6.40. The Morgan fingerprint density at radius 2 is 1.78 bits per heavy atom. The second kappa shape index (κ2) is 12.4. The van der Waals surface area contributed by atoms with Crippen LogP contribution in [0.3, 0.4) is 0 Å². The number of alkyl halides is 3. The molecule has 0 saturated heterocycles. The molecular formula is C26H23Cl6NO3. The normalized spacial score (nSPS) is 12.9. The Hall–Kier alpha value is -1.40. The van der Waals surface area contributed by atoms with Crippen molar-refractivity contribution in [1.82, 2.24) is 4.57 Å². The quantitative estimate of drug-likeness (QED) is 0.145. The van der Waals surface area contributed by atoms with Crippen molar-refractivity contribution in [2.45, 2.75) is 36.9 Å². The third-order valence-corrected chi connectivity index (χ3v) is 6.83. The van der Waals surface area contributed by atoms with Crippen LogP contribution in [0, 0.1) is 12.8 Å². The van der Waals surface area contributed by atoms with Crippen LogP contribution in [0.1, 0.15) is 41.3 Å². The van der Waals surface area contributed by atoms with Gasteiger partial charge in [-0.1, -0.05) is 88.7 Å². The Bertz CT molecular complexity index is 1290. The van der Waals surface area contributed by atoms with E-state index in [1.807, 2.05) is 38.2 Å². The summed E-state index contributed by atoms with van der Waals surface area (Å²) in [5, 5.41) is 2.40. The van der Waals surface area contributed by atoms with Gasteiger partial charge in [0.25, 0.3) is 0 Å². The molecule has 1 atom stereocenters. The molecule has 0 bridgehead atoms. The van der Waals surface area contributed by atoms with Crippen molar-refractivity contribution in [2.75, 3.05) is 6.61 Å². The number of rotatable bonds is 8. The average molecular weight is 610 g/mol. The Balaban J connectivity index is 1.72. The zero-order valence-electron chi connectivity index (χ0n) is 19.5. The number of esters is 1. The summed E-state index contributed by atoms with van der Waals surface area (Å²) in [7, 11) is 0. The summed E-state index contributed by atoms with van der Waals surface area (Å²) in [5.74, 6) is -0.577. The molecule has 0 radical (unpaired) electrons. The molecule has 36 heavy (non-hydrogen) atoms. The van der Waals surface area contributed by atoms with Crippen LogP contribution in [0.5, 0.6) is 0 Å². The Morgan fingerprint density at radius 1 is 1.11 bits per heavy atom. The fraction of sp³-hybridized carbons (Fsp3) is 0.308. The third-order valence-electron chi connectivity index (χ3n) is 5.61. The van der Waals surface area contributed by atoms with Crippen molar-refractivity contribution in [3.63, 3.8) is 0 Å². The van der Waals surface area contributed by atoms with Crippen molar-refractivity contribution in [2.24, 2.45) is 5.92 Å². The SMILES string of the molecule is Cc1cn(C(=O)CC(C)CCc2c(Cl)cc(Cl)cc2Cl)c2cccc(/C=C/C(=O)OCC(Cl)(Cl)Cl)c12. The minimum Gasteiger partial charge on any atom is -0.458 e. The highest BCUT2D eigenvalue weighted by molar-refractivity contribution is 6.67. The minimum absolute atomic E-state index is 0.0304. The van der Waals surface area contributed by atoms with Crippen molar-refractivity contribution < 1.29 is 14.3 Å². The maximum atomic E-state index is 13.2. The number of hydrogen-bond donors (Lipinski definition) is 0. The number of hydrogen-bond acceptors (Lipinski definition) is 3. The van der Waals surface area contributed by atoms with Crippen LogP contribution < -0.4 is 0 Å². The lowest BCUT2D eigenvalue weighted by molar-refractivity contribution is -0.137. The molecule has 1 heterocycles. The molecule has 0 aliphatic carbocycles. The second-order valence-electron chi connectivity index (χ2n) is 8.57. The van der Waals surface area contributed by atoms with Gasteiger partial charge in [0.05, 0.1) is 5.52 Å². The first-order valence-electron chi connectivity index (χ1n) is 11.0. The van der Waals surface area contributed by atoms with Gasteiger partial charge >= 0.3 is 5.97 Å². The van der Waals surface area contributed by atoms with Gasteiger partial charge in [-0.2, -0.15) is 0 Å². The maximum Gasteiger partial charge on any atom is 0.330 e. The number of aromatic nitrogens is 1. The maximum absolute atomic E-state index is 13.2. The lowest BCUT2D eigenvalue weighted by atomic mass is 9.97. The molecule has 0 aliphatic rings. The third kappa shape index (κ3) is 7.80. The molecule has 0 saturated carbocycles. The smallest absolute Gasteiger partial charge is 0.330 e. The number of halogens is 6. The van der Waals surface area contributed by atoms with E-state index in [0.717, 1.165) is 34.0 Å². The molecule has 1 aromatic heterocycles. The molecule has 0 spiro atoms. The van der Waals surface area contributed by atoms with Crippen molar-refractivity contribution in [3.8, 4) is 0 Å². The average Bonchev–Trinajstić information content (AvgIpc) is 3.12. The lowest BCUT2D eigenvalue weighted by Gasteiger charge is -2.13. The van der Waals surface area contributed by atoms with Gasteiger partial charge in [0.2, 0.25) is 9.70 Å². The number of nitrogens with zero attached hydrogens (tertiary/aromatic N) is 1. The molecule has 0 fully saturated rings. The summed E-state index contributed by atoms with van der Waals surface area (Å²) in [6.45, 7) is 3.58. The summed E-state index contributed by atoms with van der Waals surface area (Å²) < 4.78 is 4.91. The van der Waals surface area contributed by atoms with E-state index in [2.05, 4.69) is 0 Å². The predicted octanol–water partition coefficient (Wildman–Crippen LogP) is 9.14. The molecule has 2 aromatic carbocycles. The van der Waals surface area contributed by atoms with Gasteiger partial charge in [-0.25, -0.2) is 4.79 Å². The van der Waals surface area contributed by atoms with E-state index in [1.165, 1.54) is 6.08 Å². The molecule has 192 valence electrons. The van der Waals surface area contributed by atoms with E-state index in [-0.39, 0.29) is 18.4 Å². The van der Waals surface area contributed by atoms with Crippen LogP contribution in [0.25, 0.3) is 17.0 Å². The molecule has 4 nitrogen and oxygen atoms in total. The molecule has 3 rings (SSSR count). The van der Waals surface area contributed by atoms with Crippen molar-refractivity contribution in [1.29, 1.82) is 0 Å². The summed E-state index contributed by atoms with van der Waals surface area (Å²) in [4.78, 5) is 25.2. The number of aryl methyl sites for hydroxylation is 1. The van der Waals surface area contributed by atoms with Crippen LogP contribution in [-0.4, -0.2) is 26.8 Å². The number of carbonyl (C=O) groups is 2. The highest BCUT2D eigenvalue weighted by atomic mass is 35.6. The first-order valence-corrected chi connectivity index (χ1v) is 13.3. The van der Waals surface area contributed by atoms with Gasteiger partial charge < -0.3 is 4.74 Å². The van der Waals surface area contributed by atoms with Crippen LogP contribution in [0.15, 0.2) is 42.6 Å². The largest absolute Gasteiger partial charge is 0.458 e. The van der Waals surface area contributed by atoms with Gasteiger partial charge in [0.1, 0.15) is 6.61 Å². The van der Waals surface area contributed by atoms with E-state index in [4.69, 9.17) is 74.3 Å². The molecule has 3 aromatic rings. The first kappa shape index (κ1) is 29.2. The van der Waals surface area contributed by atoms with Gasteiger partial charge in [0.15, 0.2) is 0 Å². The number of carbonyl (C=O) groups excluding carboxylic acids is 2. The highest BCUT2D eigenvalue weighted by Gasteiger charge is 2.21. The molecule has 0 amide bonds. The minimum atomic E-state index is -1.68. The summed E-state index contributed by atoms with van der Waals surface area (Å²) in [5.41, 5.74) is 3.25. The van der Waals surface area contributed by atoms with E-state index in [0.29, 0.717) is 27.9 Å². The van der Waals surface area contributed by atoms with Gasteiger partial charge in [-0.3, -0.25) is 9.36 Å². The Labute approximate surface area is 240 Å². The van der Waals surface area contributed by atoms with Gasteiger partial charge in [0, 0.05) is 39.1 Å². The number of ether oxygens (including phenoxy) is 1. The van der Waals surface area contributed by atoms with Crippen molar-refractivity contribution in [3.05, 3.63) is 74.4 Å². The molecule has 1 unspecified atom stereocenters. The summed E-state index contributed by atoms with van der Waals surface area (Å²) >= 11 is 35.4. The number of fused-ring (bicyclic) bond motifs is 1. The van der Waals surface area contributed by atoms with E-state index >= 15 is 0 Å². The van der Waals surface area contributed by atoms with E-state index < -0.39 is 9.76 Å². The molecule has 0 aliphatic heterocycles. The second-order valence-corrected chi connectivity index (χ2v) is 12.3. The predicted molar refractivity (Wildman–Crippen MR) is 151 cm³/mol. The lowest BCUT2D eigenvalue weighted by Crippen LogP contribution is -2.15. The molecule has 0 N–H and O–H groups in total. The summed E-state index contributed by atoms with van der Waals surface area (Å²) in [6, 6.07) is 8.89. The monoisotopic (exact) mass is 607 g/mol. The zero-order chi connectivity index (χ0) is 26.6.